The minimum atomic E-state index is -1.13. The number of rotatable bonds is 21. The van der Waals surface area contributed by atoms with Crippen molar-refractivity contribution in [3.63, 3.8) is 0 Å². The van der Waals surface area contributed by atoms with Crippen LogP contribution < -0.4 is 10.4 Å². The van der Waals surface area contributed by atoms with Gasteiger partial charge in [0.05, 0.1) is 20.1 Å². The number of amides is 1. The van der Waals surface area contributed by atoms with Crippen molar-refractivity contribution >= 4 is 11.9 Å². The monoisotopic (exact) mass is 534 g/mol. The second-order valence-corrected chi connectivity index (χ2v) is 11.1. The molecular weight excluding hydrogens is 476 g/mol. The number of carbonyl (C=O) groups is 2. The molecule has 0 saturated carbocycles. The number of hydrogen-bond donors (Lipinski definition) is 2. The third-order valence-corrected chi connectivity index (χ3v) is 7.50. The van der Waals surface area contributed by atoms with Gasteiger partial charge in [-0.25, -0.2) is 0 Å². The lowest BCUT2D eigenvalue weighted by atomic mass is 10.0. The van der Waals surface area contributed by atoms with E-state index in [1.54, 1.807) is 25.1 Å². The average molecular weight is 535 g/mol. The molecule has 2 unspecified atom stereocenters. The quantitative estimate of drug-likeness (QED) is 0.106. The number of hydrogen-bond acceptors (Lipinski definition) is 4. The van der Waals surface area contributed by atoms with Crippen LogP contribution in [-0.4, -0.2) is 48.0 Å². The van der Waals surface area contributed by atoms with Gasteiger partial charge in [0.2, 0.25) is 5.91 Å². The van der Waals surface area contributed by atoms with Gasteiger partial charge in [0, 0.05) is 19.8 Å². The average Bonchev–Trinajstić information content (AvgIpc) is 2.90. The molecular formula is C32H58N2O4. The second-order valence-electron chi connectivity index (χ2n) is 11.1. The number of carboxylic acid groups (broad SMARTS) is 1. The van der Waals surface area contributed by atoms with Gasteiger partial charge in [0.1, 0.15) is 0 Å². The molecule has 1 aromatic carbocycles. The maximum Gasteiger partial charge on any atom is 0.224 e. The minimum absolute atomic E-state index is 0.0289. The number of aromatic carboxylic acids is 1. The smallest absolute Gasteiger partial charge is 0.224 e. The van der Waals surface area contributed by atoms with Crippen molar-refractivity contribution in [1.29, 1.82) is 0 Å². The Balaban J connectivity index is 0.00000127. The molecule has 1 amide bonds. The summed E-state index contributed by atoms with van der Waals surface area (Å²) < 4.78 is 0.404. The van der Waals surface area contributed by atoms with Gasteiger partial charge in [-0.3, -0.25) is 9.28 Å². The molecule has 0 radical (unpaired) electrons. The highest BCUT2D eigenvalue weighted by molar-refractivity contribution is 5.85. The normalized spacial score (nSPS) is 12.8. The summed E-state index contributed by atoms with van der Waals surface area (Å²) in [6.07, 6.45) is 21.0. The second kappa shape index (κ2) is 23.0. The largest absolute Gasteiger partial charge is 0.545 e. The molecule has 1 aromatic rings. The van der Waals surface area contributed by atoms with E-state index in [2.05, 4.69) is 19.2 Å². The van der Waals surface area contributed by atoms with Crippen LogP contribution >= 0.6 is 0 Å². The first-order valence-electron chi connectivity index (χ1n) is 15.2. The number of quaternary nitrogens is 1. The summed E-state index contributed by atoms with van der Waals surface area (Å²) in [4.78, 5) is 22.3. The Morgan fingerprint density at radius 1 is 0.789 bits per heavy atom. The molecule has 0 aliphatic rings. The van der Waals surface area contributed by atoms with Crippen LogP contribution in [0.5, 0.6) is 0 Å². The van der Waals surface area contributed by atoms with Crippen molar-refractivity contribution in [3.05, 3.63) is 35.9 Å². The first-order chi connectivity index (χ1) is 18.2. The molecule has 0 aliphatic carbocycles. The molecule has 0 bridgehead atoms. The Labute approximate surface area is 233 Å². The third-order valence-electron chi connectivity index (χ3n) is 7.50. The van der Waals surface area contributed by atoms with E-state index < -0.39 is 12.2 Å². The van der Waals surface area contributed by atoms with Crippen LogP contribution in [0.2, 0.25) is 0 Å². The number of aliphatic hydroxyl groups is 1. The maximum absolute atomic E-state index is 12.2. The predicted molar refractivity (Wildman–Crippen MR) is 156 cm³/mol. The number of unbranched alkanes of at least 4 members (excludes halogenated alkanes) is 14. The van der Waals surface area contributed by atoms with Crippen LogP contribution in [0, 0.1) is 0 Å². The molecule has 0 saturated heterocycles. The molecule has 6 heteroatoms. The number of nitrogens with one attached hydrogen (secondary N) is 1. The zero-order chi connectivity index (χ0) is 28.7. The Bertz CT molecular complexity index is 707. The molecule has 38 heavy (non-hydrogen) atoms. The molecule has 0 spiro atoms. The van der Waals surface area contributed by atoms with Gasteiger partial charge in [-0.1, -0.05) is 134 Å². The lowest BCUT2D eigenvalue weighted by Crippen LogP contribution is -2.61. The maximum atomic E-state index is 12.2. The van der Waals surface area contributed by atoms with E-state index in [4.69, 9.17) is 0 Å². The van der Waals surface area contributed by atoms with E-state index in [1.165, 1.54) is 95.6 Å². The summed E-state index contributed by atoms with van der Waals surface area (Å²) in [5.41, 5.74) is 0.220. The SMILES string of the molecule is CCCCCCCCCCCCCCCCCC(=O)NC(CC)[N+](C)(C)C(C)O.O=C([O-])c1ccccc1. The zero-order valence-corrected chi connectivity index (χ0v) is 25.2. The summed E-state index contributed by atoms with van der Waals surface area (Å²) in [6.45, 7) is 6.12. The molecule has 0 aromatic heterocycles. The number of carbonyl (C=O) groups excluding carboxylic acids is 2. The highest BCUT2D eigenvalue weighted by Crippen LogP contribution is 2.15. The van der Waals surface area contributed by atoms with Gasteiger partial charge in [0.15, 0.2) is 12.4 Å². The van der Waals surface area contributed by atoms with Gasteiger partial charge in [-0.05, 0) is 12.0 Å². The highest BCUT2D eigenvalue weighted by Gasteiger charge is 2.32. The molecule has 0 heterocycles. The summed E-state index contributed by atoms with van der Waals surface area (Å²) in [6, 6.07) is 8.06. The number of aliphatic hydroxyl groups excluding tert-OH is 1. The van der Waals surface area contributed by atoms with Crippen LogP contribution in [0.1, 0.15) is 140 Å². The Morgan fingerprint density at radius 3 is 1.55 bits per heavy atom. The van der Waals surface area contributed by atoms with E-state index >= 15 is 0 Å². The summed E-state index contributed by atoms with van der Waals surface area (Å²) in [7, 11) is 3.93. The first kappa shape index (κ1) is 36.1. The summed E-state index contributed by atoms with van der Waals surface area (Å²) in [5, 5.41) is 23.1. The fourth-order valence-corrected chi connectivity index (χ4v) is 4.49. The molecule has 0 fully saturated rings. The van der Waals surface area contributed by atoms with Crippen molar-refractivity contribution in [1.82, 2.24) is 5.32 Å². The van der Waals surface area contributed by atoms with E-state index in [0.717, 1.165) is 19.3 Å². The highest BCUT2D eigenvalue weighted by atomic mass is 16.4. The minimum Gasteiger partial charge on any atom is -0.545 e. The van der Waals surface area contributed by atoms with Crippen molar-refractivity contribution < 1.29 is 24.3 Å². The zero-order valence-electron chi connectivity index (χ0n) is 25.2. The standard InChI is InChI=1S/C25H52N2O2.C7H6O2/c1-6-8-9-10-11-12-13-14-15-16-17-18-19-20-21-22-25(29)26-24(7-2)27(4,5)23(3)28;8-7(9)6-4-2-1-3-5-6/h23-24,28H,6-22H2,1-5H3;1-5H,(H,8,9). The van der Waals surface area contributed by atoms with Gasteiger partial charge in [0.25, 0.3) is 0 Å². The first-order valence-corrected chi connectivity index (χ1v) is 15.2. The summed E-state index contributed by atoms with van der Waals surface area (Å²) in [5.74, 6) is -1.01. The Hall–Kier alpha value is -1.92. The number of carboxylic acids is 1. The van der Waals surface area contributed by atoms with Gasteiger partial charge in [-0.15, -0.1) is 0 Å². The van der Waals surface area contributed by atoms with Crippen molar-refractivity contribution in [2.24, 2.45) is 0 Å². The Kier molecular flexibility index (Phi) is 21.8. The fourth-order valence-electron chi connectivity index (χ4n) is 4.49. The molecule has 2 atom stereocenters. The van der Waals surface area contributed by atoms with Gasteiger partial charge >= 0.3 is 0 Å². The van der Waals surface area contributed by atoms with Gasteiger partial charge in [-0.2, -0.15) is 0 Å². The van der Waals surface area contributed by atoms with E-state index in [0.29, 0.717) is 10.9 Å². The molecule has 220 valence electrons. The third kappa shape index (κ3) is 18.4. The summed E-state index contributed by atoms with van der Waals surface area (Å²) >= 11 is 0. The molecule has 0 aliphatic heterocycles. The van der Waals surface area contributed by atoms with Crippen LogP contribution in [0.4, 0.5) is 0 Å². The van der Waals surface area contributed by atoms with Crippen LogP contribution in [0.15, 0.2) is 30.3 Å². The number of benzene rings is 1. The van der Waals surface area contributed by atoms with Crippen molar-refractivity contribution in [3.8, 4) is 0 Å². The van der Waals surface area contributed by atoms with Crippen molar-refractivity contribution in [2.45, 2.75) is 142 Å². The van der Waals surface area contributed by atoms with E-state index in [-0.39, 0.29) is 17.6 Å². The molecule has 6 nitrogen and oxygen atoms in total. The van der Waals surface area contributed by atoms with Crippen molar-refractivity contribution in [2.75, 3.05) is 14.1 Å². The lowest BCUT2D eigenvalue weighted by Gasteiger charge is -2.40. The Morgan fingerprint density at radius 2 is 1.21 bits per heavy atom. The lowest BCUT2D eigenvalue weighted by molar-refractivity contribution is -0.959. The van der Waals surface area contributed by atoms with E-state index in [1.807, 2.05) is 14.1 Å². The number of nitrogens with zero attached hydrogens (tertiary/aromatic N) is 1. The molecule has 2 N–H and O–H groups in total. The van der Waals surface area contributed by atoms with Crippen LogP contribution in [-0.2, 0) is 4.79 Å². The topological polar surface area (TPSA) is 89.5 Å². The van der Waals surface area contributed by atoms with Crippen LogP contribution in [0.3, 0.4) is 0 Å². The fraction of sp³-hybridized carbons (Fsp3) is 0.750. The van der Waals surface area contributed by atoms with E-state index in [9.17, 15) is 19.8 Å². The van der Waals surface area contributed by atoms with Gasteiger partial charge < -0.3 is 20.3 Å². The molecule has 1 rings (SSSR count). The van der Waals surface area contributed by atoms with Crippen LogP contribution in [0.25, 0.3) is 0 Å². The predicted octanol–water partition coefficient (Wildman–Crippen LogP) is 6.57.